The minimum atomic E-state index is 0.00438. The van der Waals surface area contributed by atoms with Crippen LogP contribution in [0.2, 0.25) is 0 Å². The molecule has 0 aliphatic carbocycles. The van der Waals surface area contributed by atoms with E-state index < -0.39 is 0 Å². The molecular weight excluding hydrogens is 242 g/mol. The summed E-state index contributed by atoms with van der Waals surface area (Å²) in [5, 5.41) is 2.84. The van der Waals surface area contributed by atoms with Gasteiger partial charge in [0, 0.05) is 37.1 Å². The molecule has 0 unspecified atom stereocenters. The van der Waals surface area contributed by atoms with Gasteiger partial charge in [0.25, 0.3) is 0 Å². The minimum absolute atomic E-state index is 0.00438. The number of rotatable bonds is 7. The molecule has 5 heteroatoms. The van der Waals surface area contributed by atoms with E-state index in [2.05, 4.69) is 5.32 Å². The van der Waals surface area contributed by atoms with Gasteiger partial charge in [0.2, 0.25) is 5.91 Å². The van der Waals surface area contributed by atoms with Crippen molar-refractivity contribution in [1.29, 1.82) is 0 Å². The van der Waals surface area contributed by atoms with Gasteiger partial charge in [0.1, 0.15) is 5.75 Å². The third-order valence-electron chi connectivity index (χ3n) is 2.62. The van der Waals surface area contributed by atoms with Crippen LogP contribution >= 0.6 is 0 Å². The predicted octanol–water partition coefficient (Wildman–Crippen LogP) is 1.63. The molecule has 0 radical (unpaired) electrons. The second kappa shape index (κ2) is 7.51. The SMILES string of the molecule is CCCNC(=O)CN(C)c1cc(N)cc(OCC)c1. The first-order valence-corrected chi connectivity index (χ1v) is 6.58. The summed E-state index contributed by atoms with van der Waals surface area (Å²) in [6.07, 6.45) is 0.933. The molecule has 0 heterocycles. The van der Waals surface area contributed by atoms with Gasteiger partial charge in [-0.2, -0.15) is 0 Å². The maximum atomic E-state index is 11.7. The van der Waals surface area contributed by atoms with Gasteiger partial charge in [-0.3, -0.25) is 4.79 Å². The fourth-order valence-electron chi connectivity index (χ4n) is 1.70. The number of nitrogens with one attached hydrogen (secondary N) is 1. The van der Waals surface area contributed by atoms with Crippen LogP contribution in [-0.4, -0.2) is 32.7 Å². The van der Waals surface area contributed by atoms with Crippen molar-refractivity contribution in [3.63, 3.8) is 0 Å². The number of anilines is 2. The van der Waals surface area contributed by atoms with Crippen molar-refractivity contribution >= 4 is 17.3 Å². The maximum absolute atomic E-state index is 11.7. The zero-order valence-electron chi connectivity index (χ0n) is 11.9. The van der Waals surface area contributed by atoms with E-state index in [1.54, 1.807) is 6.07 Å². The Kier molecular flexibility index (Phi) is 5.99. The van der Waals surface area contributed by atoms with Gasteiger partial charge in [-0.05, 0) is 19.4 Å². The molecule has 3 N–H and O–H groups in total. The van der Waals surface area contributed by atoms with Crippen molar-refractivity contribution in [2.24, 2.45) is 0 Å². The molecule has 0 saturated carbocycles. The number of amides is 1. The molecule has 0 aromatic heterocycles. The Hall–Kier alpha value is -1.91. The molecule has 0 bridgehead atoms. The Morgan fingerprint density at radius 1 is 1.37 bits per heavy atom. The van der Waals surface area contributed by atoms with Crippen LogP contribution in [0.4, 0.5) is 11.4 Å². The lowest BCUT2D eigenvalue weighted by atomic mass is 10.2. The molecule has 1 rings (SSSR count). The fourth-order valence-corrected chi connectivity index (χ4v) is 1.70. The number of nitrogen functional groups attached to an aromatic ring is 1. The van der Waals surface area contributed by atoms with E-state index >= 15 is 0 Å². The summed E-state index contributed by atoms with van der Waals surface area (Å²) >= 11 is 0. The van der Waals surface area contributed by atoms with Crippen LogP contribution in [-0.2, 0) is 4.79 Å². The smallest absolute Gasteiger partial charge is 0.239 e. The van der Waals surface area contributed by atoms with Gasteiger partial charge in [-0.1, -0.05) is 6.92 Å². The molecule has 0 fully saturated rings. The Labute approximate surface area is 114 Å². The lowest BCUT2D eigenvalue weighted by molar-refractivity contribution is -0.119. The van der Waals surface area contributed by atoms with Gasteiger partial charge < -0.3 is 20.7 Å². The van der Waals surface area contributed by atoms with Gasteiger partial charge >= 0.3 is 0 Å². The summed E-state index contributed by atoms with van der Waals surface area (Å²) in [7, 11) is 1.86. The number of carbonyl (C=O) groups is 1. The Morgan fingerprint density at radius 2 is 2.11 bits per heavy atom. The van der Waals surface area contributed by atoms with Crippen LogP contribution in [0.3, 0.4) is 0 Å². The second-order valence-electron chi connectivity index (χ2n) is 4.40. The fraction of sp³-hybridized carbons (Fsp3) is 0.500. The largest absolute Gasteiger partial charge is 0.494 e. The van der Waals surface area contributed by atoms with Crippen LogP contribution in [0, 0.1) is 0 Å². The number of nitrogens with zero attached hydrogens (tertiary/aromatic N) is 1. The topological polar surface area (TPSA) is 67.6 Å². The molecule has 0 spiro atoms. The first-order chi connectivity index (χ1) is 9.06. The second-order valence-corrected chi connectivity index (χ2v) is 4.40. The summed E-state index contributed by atoms with van der Waals surface area (Å²) < 4.78 is 5.44. The molecule has 19 heavy (non-hydrogen) atoms. The highest BCUT2D eigenvalue weighted by atomic mass is 16.5. The number of nitrogens with two attached hydrogens (primary N) is 1. The van der Waals surface area contributed by atoms with Crippen LogP contribution in [0.15, 0.2) is 18.2 Å². The standard InChI is InChI=1S/C14H23N3O2/c1-4-6-16-14(18)10-17(3)12-7-11(15)8-13(9-12)19-5-2/h7-9H,4-6,10,15H2,1-3H3,(H,16,18). The zero-order chi connectivity index (χ0) is 14.3. The van der Waals surface area contributed by atoms with E-state index in [9.17, 15) is 4.79 Å². The number of likely N-dealkylation sites (N-methyl/N-ethyl adjacent to an activating group) is 1. The number of hydrogen-bond donors (Lipinski definition) is 2. The van der Waals surface area contributed by atoms with Gasteiger partial charge in [-0.15, -0.1) is 0 Å². The first-order valence-electron chi connectivity index (χ1n) is 6.58. The summed E-state index contributed by atoms with van der Waals surface area (Å²) in [6, 6.07) is 5.49. The quantitative estimate of drug-likeness (QED) is 0.735. The van der Waals surface area contributed by atoms with E-state index in [1.807, 2.05) is 37.9 Å². The molecule has 1 amide bonds. The van der Waals surface area contributed by atoms with Gasteiger partial charge in [0.15, 0.2) is 0 Å². The first kappa shape index (κ1) is 15.1. The average Bonchev–Trinajstić information content (AvgIpc) is 2.36. The summed E-state index contributed by atoms with van der Waals surface area (Å²) in [4.78, 5) is 13.5. The van der Waals surface area contributed by atoms with E-state index in [1.165, 1.54) is 0 Å². The summed E-state index contributed by atoms with van der Waals surface area (Å²) in [6.45, 7) is 5.54. The highest BCUT2D eigenvalue weighted by Gasteiger charge is 2.09. The van der Waals surface area contributed by atoms with E-state index in [4.69, 9.17) is 10.5 Å². The van der Waals surface area contributed by atoms with Crippen LogP contribution < -0.4 is 20.7 Å². The zero-order valence-corrected chi connectivity index (χ0v) is 11.9. The van der Waals surface area contributed by atoms with E-state index in [-0.39, 0.29) is 5.91 Å². The summed E-state index contributed by atoms with van der Waals surface area (Å²) in [5.74, 6) is 0.725. The van der Waals surface area contributed by atoms with Crippen molar-refractivity contribution in [2.45, 2.75) is 20.3 Å². The highest BCUT2D eigenvalue weighted by molar-refractivity contribution is 5.81. The number of ether oxygens (including phenoxy) is 1. The highest BCUT2D eigenvalue weighted by Crippen LogP contribution is 2.24. The molecule has 106 valence electrons. The molecule has 5 nitrogen and oxygen atoms in total. The molecule has 0 saturated heterocycles. The third-order valence-corrected chi connectivity index (χ3v) is 2.62. The monoisotopic (exact) mass is 265 g/mol. The van der Waals surface area contributed by atoms with E-state index in [0.29, 0.717) is 25.4 Å². The molecule has 0 aliphatic rings. The van der Waals surface area contributed by atoms with E-state index in [0.717, 1.165) is 17.9 Å². The summed E-state index contributed by atoms with van der Waals surface area (Å²) in [5.41, 5.74) is 7.33. The van der Waals surface area contributed by atoms with Crippen LogP contribution in [0.1, 0.15) is 20.3 Å². The normalized spacial score (nSPS) is 10.1. The predicted molar refractivity (Wildman–Crippen MR) is 78.6 cm³/mol. The molecule has 0 atom stereocenters. The van der Waals surface area contributed by atoms with Gasteiger partial charge in [-0.25, -0.2) is 0 Å². The number of hydrogen-bond acceptors (Lipinski definition) is 4. The Bertz CT molecular complexity index is 421. The van der Waals surface area contributed by atoms with Gasteiger partial charge in [0.05, 0.1) is 13.2 Å². The Balaban J connectivity index is 2.70. The Morgan fingerprint density at radius 3 is 2.74 bits per heavy atom. The van der Waals surface area contributed by atoms with Crippen molar-refractivity contribution < 1.29 is 9.53 Å². The number of carbonyl (C=O) groups excluding carboxylic acids is 1. The molecule has 0 aliphatic heterocycles. The lowest BCUT2D eigenvalue weighted by Gasteiger charge is -2.20. The van der Waals surface area contributed by atoms with Crippen molar-refractivity contribution in [3.8, 4) is 5.75 Å². The van der Waals surface area contributed by atoms with Crippen molar-refractivity contribution in [2.75, 3.05) is 37.4 Å². The van der Waals surface area contributed by atoms with Crippen LogP contribution in [0.25, 0.3) is 0 Å². The molecular formula is C14H23N3O2. The lowest BCUT2D eigenvalue weighted by Crippen LogP contribution is -2.35. The van der Waals surface area contributed by atoms with Crippen LogP contribution in [0.5, 0.6) is 5.75 Å². The molecule has 1 aromatic rings. The third kappa shape index (κ3) is 5.07. The van der Waals surface area contributed by atoms with Crippen molar-refractivity contribution in [3.05, 3.63) is 18.2 Å². The van der Waals surface area contributed by atoms with Crippen molar-refractivity contribution in [1.82, 2.24) is 5.32 Å². The number of benzene rings is 1. The molecule has 1 aromatic carbocycles. The minimum Gasteiger partial charge on any atom is -0.494 e. The maximum Gasteiger partial charge on any atom is 0.239 e. The average molecular weight is 265 g/mol.